The molecule has 0 saturated carbocycles. The highest BCUT2D eigenvalue weighted by molar-refractivity contribution is 5.79. The summed E-state index contributed by atoms with van der Waals surface area (Å²) in [6.45, 7) is 2.22. The van der Waals surface area contributed by atoms with Crippen LogP contribution < -0.4 is 4.74 Å². The van der Waals surface area contributed by atoms with E-state index in [9.17, 15) is 4.79 Å². The Morgan fingerprint density at radius 2 is 2.21 bits per heavy atom. The van der Waals surface area contributed by atoms with Gasteiger partial charge in [-0.25, -0.2) is 4.79 Å². The quantitative estimate of drug-likeness (QED) is 0.742. The zero-order chi connectivity index (χ0) is 10.4. The first-order valence-corrected chi connectivity index (χ1v) is 4.28. The van der Waals surface area contributed by atoms with E-state index in [2.05, 4.69) is 0 Å². The van der Waals surface area contributed by atoms with Crippen molar-refractivity contribution < 1.29 is 14.6 Å². The van der Waals surface area contributed by atoms with E-state index in [0.717, 1.165) is 17.4 Å². The number of para-hydroxylation sites is 1. The predicted octanol–water partition coefficient (Wildman–Crippen LogP) is 2.01. The molecule has 0 fully saturated rings. The summed E-state index contributed by atoms with van der Waals surface area (Å²) in [7, 11) is 0. The third-order valence-electron chi connectivity index (χ3n) is 1.69. The van der Waals surface area contributed by atoms with E-state index in [1.807, 2.05) is 31.2 Å². The molecule has 14 heavy (non-hydrogen) atoms. The van der Waals surface area contributed by atoms with Crippen LogP contribution >= 0.6 is 0 Å². The molecule has 1 aromatic carbocycles. The van der Waals surface area contributed by atoms with E-state index in [1.165, 1.54) is 6.08 Å². The second-order valence-electron chi connectivity index (χ2n) is 2.82. The number of carbonyl (C=O) groups is 1. The van der Waals surface area contributed by atoms with Gasteiger partial charge in [0.15, 0.2) is 0 Å². The van der Waals surface area contributed by atoms with Gasteiger partial charge in [-0.3, -0.25) is 0 Å². The second-order valence-corrected chi connectivity index (χ2v) is 2.82. The van der Waals surface area contributed by atoms with Crippen LogP contribution in [0.2, 0.25) is 0 Å². The highest BCUT2D eigenvalue weighted by Gasteiger charge is 1.95. The monoisotopic (exact) mass is 192 g/mol. The lowest BCUT2D eigenvalue weighted by atomic mass is 10.2. The summed E-state index contributed by atoms with van der Waals surface area (Å²) < 4.78 is 5.34. The highest BCUT2D eigenvalue weighted by Crippen LogP contribution is 2.15. The molecule has 1 N–H and O–H groups in total. The summed E-state index contributed by atoms with van der Waals surface area (Å²) in [5, 5.41) is 8.32. The number of ether oxygens (including phenoxy) is 1. The minimum Gasteiger partial charge on any atom is -0.489 e. The Morgan fingerprint density at radius 3 is 2.86 bits per heavy atom. The molecule has 0 aliphatic heterocycles. The summed E-state index contributed by atoms with van der Waals surface area (Å²) in [5.41, 5.74) is 1.04. The second kappa shape index (κ2) is 5.07. The molecule has 0 unspecified atom stereocenters. The number of aryl methyl sites for hydroxylation is 1. The number of aliphatic carboxylic acids is 1. The van der Waals surface area contributed by atoms with Gasteiger partial charge in [-0.05, 0) is 24.6 Å². The van der Waals surface area contributed by atoms with E-state index in [0.29, 0.717) is 0 Å². The Hall–Kier alpha value is -1.77. The maximum atomic E-state index is 10.1. The Kier molecular flexibility index (Phi) is 3.73. The third-order valence-corrected chi connectivity index (χ3v) is 1.69. The Bertz CT molecular complexity index is 342. The number of rotatable bonds is 4. The van der Waals surface area contributed by atoms with E-state index < -0.39 is 5.97 Å². The molecule has 3 heteroatoms. The number of benzene rings is 1. The van der Waals surface area contributed by atoms with Gasteiger partial charge >= 0.3 is 5.97 Å². The Morgan fingerprint density at radius 1 is 1.50 bits per heavy atom. The van der Waals surface area contributed by atoms with Gasteiger partial charge in [0.05, 0.1) is 0 Å². The van der Waals surface area contributed by atoms with E-state index in [1.54, 1.807) is 0 Å². The van der Waals surface area contributed by atoms with E-state index in [-0.39, 0.29) is 6.61 Å². The van der Waals surface area contributed by atoms with Crippen LogP contribution in [-0.2, 0) is 4.79 Å². The average Bonchev–Trinajstić information content (AvgIpc) is 2.15. The van der Waals surface area contributed by atoms with Crippen LogP contribution in [0.1, 0.15) is 5.56 Å². The van der Waals surface area contributed by atoms with Gasteiger partial charge in [0.25, 0.3) is 0 Å². The molecule has 0 radical (unpaired) electrons. The van der Waals surface area contributed by atoms with Crippen LogP contribution in [0.15, 0.2) is 36.4 Å². The first kappa shape index (κ1) is 10.3. The van der Waals surface area contributed by atoms with Crippen molar-refractivity contribution >= 4 is 5.97 Å². The third kappa shape index (κ3) is 3.31. The van der Waals surface area contributed by atoms with Crippen molar-refractivity contribution in [2.24, 2.45) is 0 Å². The Labute approximate surface area is 82.6 Å². The van der Waals surface area contributed by atoms with Crippen molar-refractivity contribution in [1.82, 2.24) is 0 Å². The average molecular weight is 192 g/mol. The SMILES string of the molecule is Cc1ccccc1OC/C=C/C(=O)O. The summed E-state index contributed by atoms with van der Waals surface area (Å²) >= 11 is 0. The van der Waals surface area contributed by atoms with Gasteiger partial charge in [-0.15, -0.1) is 0 Å². The van der Waals surface area contributed by atoms with Crippen molar-refractivity contribution in [2.45, 2.75) is 6.92 Å². The van der Waals surface area contributed by atoms with Crippen LogP contribution in [-0.4, -0.2) is 17.7 Å². The molecular formula is C11H12O3. The molecule has 1 rings (SSSR count). The number of hydrogen-bond donors (Lipinski definition) is 1. The standard InChI is InChI=1S/C11H12O3/c1-9-5-2-3-6-10(9)14-8-4-7-11(12)13/h2-7H,8H2,1H3,(H,12,13)/b7-4+. The van der Waals surface area contributed by atoms with Crippen molar-refractivity contribution in [3.63, 3.8) is 0 Å². The topological polar surface area (TPSA) is 46.5 Å². The first-order valence-electron chi connectivity index (χ1n) is 4.28. The molecule has 0 saturated heterocycles. The normalized spacial score (nSPS) is 10.4. The van der Waals surface area contributed by atoms with Crippen LogP contribution in [0.5, 0.6) is 5.75 Å². The fourth-order valence-corrected chi connectivity index (χ4v) is 1.01. The van der Waals surface area contributed by atoms with Crippen LogP contribution in [0.4, 0.5) is 0 Å². The molecule has 1 aromatic rings. The fraction of sp³-hybridized carbons (Fsp3) is 0.182. The van der Waals surface area contributed by atoms with Gasteiger partial charge in [-0.1, -0.05) is 18.2 Å². The lowest BCUT2D eigenvalue weighted by molar-refractivity contribution is -0.131. The van der Waals surface area contributed by atoms with Crippen molar-refractivity contribution in [2.75, 3.05) is 6.61 Å². The fourth-order valence-electron chi connectivity index (χ4n) is 1.01. The summed E-state index contributed by atoms with van der Waals surface area (Å²) in [6, 6.07) is 7.60. The summed E-state index contributed by atoms with van der Waals surface area (Å²) in [6.07, 6.45) is 2.53. The maximum Gasteiger partial charge on any atom is 0.328 e. The number of hydrogen-bond acceptors (Lipinski definition) is 2. The lowest BCUT2D eigenvalue weighted by Crippen LogP contribution is -1.96. The molecule has 0 aliphatic rings. The van der Waals surface area contributed by atoms with Crippen LogP contribution in [0.3, 0.4) is 0 Å². The molecule has 0 aliphatic carbocycles. The highest BCUT2D eigenvalue weighted by atomic mass is 16.5. The van der Waals surface area contributed by atoms with Crippen LogP contribution in [0, 0.1) is 6.92 Å². The van der Waals surface area contributed by atoms with Crippen molar-refractivity contribution in [1.29, 1.82) is 0 Å². The maximum absolute atomic E-state index is 10.1. The molecule has 0 spiro atoms. The lowest BCUT2D eigenvalue weighted by Gasteiger charge is -2.05. The van der Waals surface area contributed by atoms with E-state index in [4.69, 9.17) is 9.84 Å². The van der Waals surface area contributed by atoms with Gasteiger partial charge in [0.1, 0.15) is 12.4 Å². The molecule has 0 atom stereocenters. The minimum atomic E-state index is -0.960. The molecular weight excluding hydrogens is 180 g/mol. The van der Waals surface area contributed by atoms with Gasteiger partial charge in [0.2, 0.25) is 0 Å². The smallest absolute Gasteiger partial charge is 0.328 e. The van der Waals surface area contributed by atoms with E-state index >= 15 is 0 Å². The Balaban J connectivity index is 2.46. The zero-order valence-electron chi connectivity index (χ0n) is 7.93. The van der Waals surface area contributed by atoms with Crippen molar-refractivity contribution in [3.8, 4) is 5.75 Å². The molecule has 0 amide bonds. The number of carboxylic acid groups (broad SMARTS) is 1. The van der Waals surface area contributed by atoms with Gasteiger partial charge < -0.3 is 9.84 Å². The number of carboxylic acids is 1. The largest absolute Gasteiger partial charge is 0.489 e. The van der Waals surface area contributed by atoms with Gasteiger partial charge in [-0.2, -0.15) is 0 Å². The molecule has 74 valence electrons. The summed E-state index contributed by atoms with van der Waals surface area (Å²) in [5.74, 6) is -0.180. The molecule has 3 nitrogen and oxygen atoms in total. The van der Waals surface area contributed by atoms with Crippen LogP contribution in [0.25, 0.3) is 0 Å². The molecule has 0 heterocycles. The van der Waals surface area contributed by atoms with Crippen molar-refractivity contribution in [3.05, 3.63) is 42.0 Å². The first-order chi connectivity index (χ1) is 6.70. The van der Waals surface area contributed by atoms with Gasteiger partial charge in [0, 0.05) is 6.08 Å². The minimum absolute atomic E-state index is 0.275. The summed E-state index contributed by atoms with van der Waals surface area (Å²) in [4.78, 5) is 10.1. The molecule has 0 aromatic heterocycles. The predicted molar refractivity (Wildman–Crippen MR) is 53.4 cm³/mol. The molecule has 0 bridgehead atoms. The zero-order valence-corrected chi connectivity index (χ0v) is 7.93.